The van der Waals surface area contributed by atoms with Gasteiger partial charge in [0, 0.05) is 30.3 Å². The van der Waals surface area contributed by atoms with E-state index in [4.69, 9.17) is 4.74 Å². The second-order valence-electron chi connectivity index (χ2n) is 5.63. The van der Waals surface area contributed by atoms with E-state index in [0.29, 0.717) is 0 Å². The highest BCUT2D eigenvalue weighted by Crippen LogP contribution is 2.26. The van der Waals surface area contributed by atoms with Crippen LogP contribution in [0.1, 0.15) is 17.7 Å². The standard InChI is InChI=1S/C17H26N2O/c1-14-15(9-7-11-18(2)3)16-8-5-6-10-17(16)19(14)12-13-20-4/h5-6,8,10H,7,9,11-13H2,1-4H3. The van der Waals surface area contributed by atoms with Crippen LogP contribution >= 0.6 is 0 Å². The molecule has 1 heterocycles. The van der Waals surface area contributed by atoms with E-state index < -0.39 is 0 Å². The van der Waals surface area contributed by atoms with Crippen LogP contribution in [-0.4, -0.2) is 43.8 Å². The molecule has 0 atom stereocenters. The fourth-order valence-electron chi connectivity index (χ4n) is 2.86. The number of fused-ring (bicyclic) bond motifs is 1. The van der Waals surface area contributed by atoms with Gasteiger partial charge in [0.05, 0.1) is 6.61 Å². The number of rotatable bonds is 7. The van der Waals surface area contributed by atoms with Crippen molar-refractivity contribution in [3.8, 4) is 0 Å². The second-order valence-corrected chi connectivity index (χ2v) is 5.63. The Morgan fingerprint density at radius 1 is 1.20 bits per heavy atom. The maximum atomic E-state index is 5.24. The Morgan fingerprint density at radius 3 is 2.65 bits per heavy atom. The molecule has 0 aliphatic rings. The molecule has 0 bridgehead atoms. The number of nitrogens with zero attached hydrogens (tertiary/aromatic N) is 2. The third kappa shape index (κ3) is 3.22. The Morgan fingerprint density at radius 2 is 1.95 bits per heavy atom. The first-order valence-corrected chi connectivity index (χ1v) is 7.35. The van der Waals surface area contributed by atoms with Gasteiger partial charge >= 0.3 is 0 Å². The number of aryl methyl sites for hydroxylation is 1. The lowest BCUT2D eigenvalue weighted by Crippen LogP contribution is -2.13. The maximum Gasteiger partial charge on any atom is 0.0642 e. The van der Waals surface area contributed by atoms with E-state index in [1.54, 1.807) is 7.11 Å². The summed E-state index contributed by atoms with van der Waals surface area (Å²) in [6.45, 7) is 5.06. The molecule has 3 nitrogen and oxygen atoms in total. The monoisotopic (exact) mass is 274 g/mol. The van der Waals surface area contributed by atoms with Crippen molar-refractivity contribution in [2.45, 2.75) is 26.3 Å². The van der Waals surface area contributed by atoms with Crippen LogP contribution < -0.4 is 0 Å². The molecular weight excluding hydrogens is 248 g/mol. The number of hydrogen-bond acceptors (Lipinski definition) is 2. The van der Waals surface area contributed by atoms with Crippen LogP contribution in [0.4, 0.5) is 0 Å². The molecule has 0 N–H and O–H groups in total. The number of methoxy groups -OCH3 is 1. The van der Waals surface area contributed by atoms with Crippen molar-refractivity contribution in [3.05, 3.63) is 35.5 Å². The lowest BCUT2D eigenvalue weighted by atomic mass is 10.1. The van der Waals surface area contributed by atoms with Gasteiger partial charge in [-0.3, -0.25) is 0 Å². The molecule has 0 saturated carbocycles. The minimum Gasteiger partial charge on any atom is -0.383 e. The van der Waals surface area contributed by atoms with E-state index >= 15 is 0 Å². The molecule has 3 heteroatoms. The van der Waals surface area contributed by atoms with Gasteiger partial charge in [0.1, 0.15) is 0 Å². The molecule has 20 heavy (non-hydrogen) atoms. The molecule has 0 saturated heterocycles. The van der Waals surface area contributed by atoms with Gasteiger partial charge in [0.2, 0.25) is 0 Å². The van der Waals surface area contributed by atoms with Crippen molar-refractivity contribution in [3.63, 3.8) is 0 Å². The predicted octanol–water partition coefficient (Wildman–Crippen LogP) is 3.09. The summed E-state index contributed by atoms with van der Waals surface area (Å²) in [5, 5.41) is 1.40. The van der Waals surface area contributed by atoms with Crippen LogP contribution in [0, 0.1) is 6.92 Å². The molecule has 0 radical (unpaired) electrons. The van der Waals surface area contributed by atoms with E-state index in [1.165, 1.54) is 28.6 Å². The minimum atomic E-state index is 0.761. The van der Waals surface area contributed by atoms with E-state index in [0.717, 1.165) is 26.1 Å². The number of aromatic nitrogens is 1. The van der Waals surface area contributed by atoms with Gasteiger partial charge in [0.25, 0.3) is 0 Å². The zero-order chi connectivity index (χ0) is 14.5. The first kappa shape index (κ1) is 15.1. The minimum absolute atomic E-state index is 0.761. The van der Waals surface area contributed by atoms with Crippen molar-refractivity contribution in [2.75, 3.05) is 34.4 Å². The quantitative estimate of drug-likeness (QED) is 0.772. The number of para-hydroxylation sites is 1. The molecule has 0 aliphatic heterocycles. The molecule has 0 spiro atoms. The molecular formula is C17H26N2O. The zero-order valence-corrected chi connectivity index (χ0v) is 13.1. The highest BCUT2D eigenvalue weighted by Gasteiger charge is 2.13. The third-order valence-electron chi connectivity index (χ3n) is 3.91. The van der Waals surface area contributed by atoms with Crippen LogP contribution in [0.5, 0.6) is 0 Å². The Hall–Kier alpha value is -1.32. The Balaban J connectivity index is 2.30. The van der Waals surface area contributed by atoms with Gasteiger partial charge in [-0.15, -0.1) is 0 Å². The fourth-order valence-corrected chi connectivity index (χ4v) is 2.86. The van der Waals surface area contributed by atoms with Crippen LogP contribution in [0.25, 0.3) is 10.9 Å². The van der Waals surface area contributed by atoms with E-state index in [2.05, 4.69) is 54.8 Å². The lowest BCUT2D eigenvalue weighted by Gasteiger charge is -2.10. The van der Waals surface area contributed by atoms with Crippen LogP contribution in [0.2, 0.25) is 0 Å². The molecule has 2 aromatic rings. The largest absolute Gasteiger partial charge is 0.383 e. The van der Waals surface area contributed by atoms with Crippen molar-refractivity contribution >= 4 is 10.9 Å². The summed E-state index contributed by atoms with van der Waals surface area (Å²) < 4.78 is 7.64. The average Bonchev–Trinajstić information content (AvgIpc) is 2.69. The predicted molar refractivity (Wildman–Crippen MR) is 85.4 cm³/mol. The van der Waals surface area contributed by atoms with E-state index in [-0.39, 0.29) is 0 Å². The highest BCUT2D eigenvalue weighted by molar-refractivity contribution is 5.85. The SMILES string of the molecule is COCCn1c(C)c(CCCN(C)C)c2ccccc21. The van der Waals surface area contributed by atoms with Gasteiger partial charge in [-0.1, -0.05) is 18.2 Å². The van der Waals surface area contributed by atoms with Crippen LogP contribution in [0.3, 0.4) is 0 Å². The summed E-state index contributed by atoms with van der Waals surface area (Å²) in [4.78, 5) is 2.25. The highest BCUT2D eigenvalue weighted by atomic mass is 16.5. The smallest absolute Gasteiger partial charge is 0.0642 e. The molecule has 0 fully saturated rings. The van der Waals surface area contributed by atoms with Gasteiger partial charge in [-0.2, -0.15) is 0 Å². The first-order valence-electron chi connectivity index (χ1n) is 7.35. The normalized spacial score (nSPS) is 11.7. The van der Waals surface area contributed by atoms with Crippen LogP contribution in [-0.2, 0) is 17.7 Å². The van der Waals surface area contributed by atoms with Gasteiger partial charge in [0.15, 0.2) is 0 Å². The molecule has 1 aromatic carbocycles. The Bertz CT molecular complexity index is 557. The average molecular weight is 274 g/mol. The molecule has 110 valence electrons. The summed E-state index contributed by atoms with van der Waals surface area (Å²) >= 11 is 0. The van der Waals surface area contributed by atoms with Gasteiger partial charge < -0.3 is 14.2 Å². The molecule has 0 unspecified atom stereocenters. The number of benzene rings is 1. The first-order chi connectivity index (χ1) is 9.65. The summed E-state index contributed by atoms with van der Waals surface area (Å²) in [6, 6.07) is 8.72. The zero-order valence-electron chi connectivity index (χ0n) is 13.1. The third-order valence-corrected chi connectivity index (χ3v) is 3.91. The van der Waals surface area contributed by atoms with Crippen LogP contribution in [0.15, 0.2) is 24.3 Å². The fraction of sp³-hybridized carbons (Fsp3) is 0.529. The molecule has 1 aromatic heterocycles. The Labute approximate surface area is 122 Å². The summed E-state index contributed by atoms with van der Waals surface area (Å²) in [5.74, 6) is 0. The van der Waals surface area contributed by atoms with Crippen molar-refractivity contribution < 1.29 is 4.74 Å². The van der Waals surface area contributed by atoms with E-state index in [1.807, 2.05) is 0 Å². The molecule has 0 aliphatic carbocycles. The van der Waals surface area contributed by atoms with E-state index in [9.17, 15) is 0 Å². The van der Waals surface area contributed by atoms with Crippen molar-refractivity contribution in [2.24, 2.45) is 0 Å². The maximum absolute atomic E-state index is 5.24. The molecule has 0 amide bonds. The van der Waals surface area contributed by atoms with Gasteiger partial charge in [-0.05, 0) is 52.0 Å². The lowest BCUT2D eigenvalue weighted by molar-refractivity contribution is 0.188. The number of hydrogen-bond donors (Lipinski definition) is 0. The Kier molecular flexibility index (Phi) is 5.21. The summed E-state index contributed by atoms with van der Waals surface area (Å²) in [6.07, 6.45) is 2.34. The van der Waals surface area contributed by atoms with Gasteiger partial charge in [-0.25, -0.2) is 0 Å². The van der Waals surface area contributed by atoms with Crippen molar-refractivity contribution in [1.82, 2.24) is 9.47 Å². The summed E-state index contributed by atoms with van der Waals surface area (Å²) in [7, 11) is 6.03. The number of ether oxygens (including phenoxy) is 1. The topological polar surface area (TPSA) is 17.4 Å². The molecule has 2 rings (SSSR count). The second kappa shape index (κ2) is 6.91. The van der Waals surface area contributed by atoms with Crippen molar-refractivity contribution in [1.29, 1.82) is 0 Å². The summed E-state index contributed by atoms with van der Waals surface area (Å²) in [5.41, 5.74) is 4.22.